The van der Waals surface area contributed by atoms with Crippen molar-refractivity contribution in [2.45, 2.75) is 51.3 Å². The molecule has 2 saturated heterocycles. The number of hydrogen-bond acceptors (Lipinski definition) is 5. The molecule has 1 aromatic carbocycles. The molecule has 7 nitrogen and oxygen atoms in total. The molecule has 1 aromatic heterocycles. The first kappa shape index (κ1) is 19.7. The minimum atomic E-state index is -0.299. The molecule has 4 atom stereocenters. The van der Waals surface area contributed by atoms with Crippen LogP contribution < -0.4 is 5.56 Å². The first-order valence-corrected chi connectivity index (χ1v) is 11.2. The number of carbonyl (C=O) groups is 1. The predicted octanol–water partition coefficient (Wildman–Crippen LogP) is 1.40. The second kappa shape index (κ2) is 7.78. The van der Waals surface area contributed by atoms with Crippen molar-refractivity contribution in [2.75, 3.05) is 26.2 Å². The molecule has 0 bridgehead atoms. The summed E-state index contributed by atoms with van der Waals surface area (Å²) in [6.07, 6.45) is 3.86. The lowest BCUT2D eigenvalue weighted by Crippen LogP contribution is -2.48. The zero-order valence-corrected chi connectivity index (χ0v) is 17.5. The molecule has 0 unspecified atom stereocenters. The fourth-order valence-electron chi connectivity index (χ4n) is 5.82. The van der Waals surface area contributed by atoms with E-state index < -0.39 is 0 Å². The van der Waals surface area contributed by atoms with Crippen LogP contribution in [0.15, 0.2) is 29.1 Å². The van der Waals surface area contributed by atoms with Gasteiger partial charge in [-0.05, 0) is 63.6 Å². The third-order valence-corrected chi connectivity index (χ3v) is 7.41. The molecule has 160 valence electrons. The van der Waals surface area contributed by atoms with Gasteiger partial charge in [0.15, 0.2) is 0 Å². The van der Waals surface area contributed by atoms with Crippen molar-refractivity contribution in [3.63, 3.8) is 0 Å². The van der Waals surface area contributed by atoms with Gasteiger partial charge in [0.1, 0.15) is 6.54 Å². The molecule has 0 spiro atoms. The van der Waals surface area contributed by atoms with Crippen LogP contribution in [0, 0.1) is 18.8 Å². The van der Waals surface area contributed by atoms with Gasteiger partial charge in [-0.2, -0.15) is 5.10 Å². The molecule has 2 aliphatic heterocycles. The zero-order chi connectivity index (χ0) is 20.8. The van der Waals surface area contributed by atoms with E-state index in [1.54, 1.807) is 6.07 Å². The number of nitrogens with zero attached hydrogens (tertiary/aromatic N) is 4. The van der Waals surface area contributed by atoms with Gasteiger partial charge in [0.05, 0.1) is 17.2 Å². The number of fused-ring (bicyclic) bond motifs is 2. The minimum Gasteiger partial charge on any atom is -0.391 e. The monoisotopic (exact) mass is 410 g/mol. The fraction of sp³-hybridized carbons (Fsp3) is 0.609. The average molecular weight is 411 g/mol. The van der Waals surface area contributed by atoms with Gasteiger partial charge in [-0.15, -0.1) is 0 Å². The fourth-order valence-corrected chi connectivity index (χ4v) is 5.82. The second-order valence-corrected chi connectivity index (χ2v) is 9.26. The second-order valence-electron chi connectivity index (χ2n) is 9.26. The normalized spacial score (nSPS) is 29.5. The standard InChI is InChI=1S/C23H30N4O3/c1-15-18-6-2-3-7-19(18)23(30)27(24-15)14-22(29)26-12-16-10-20(25-8-4-5-9-25)21(28)11-17(16)13-26/h2-3,6-7,16-17,20-21,28H,4-5,8-14H2,1H3/t16-,17+,20-,21-/m1/s1. The highest BCUT2D eigenvalue weighted by Gasteiger charge is 2.44. The first-order valence-electron chi connectivity index (χ1n) is 11.2. The number of likely N-dealkylation sites (tertiary alicyclic amines) is 2. The number of carbonyl (C=O) groups excluding carboxylic acids is 1. The van der Waals surface area contributed by atoms with Gasteiger partial charge in [0.25, 0.3) is 5.56 Å². The number of aliphatic hydroxyl groups excluding tert-OH is 1. The Bertz CT molecular complexity index is 1010. The third-order valence-electron chi connectivity index (χ3n) is 7.41. The maximum atomic E-state index is 13.0. The summed E-state index contributed by atoms with van der Waals surface area (Å²) in [5.41, 5.74) is 0.537. The van der Waals surface area contributed by atoms with Crippen LogP contribution in [0.1, 0.15) is 31.4 Å². The number of hydrogen-bond donors (Lipinski definition) is 1. The van der Waals surface area contributed by atoms with Crippen molar-refractivity contribution in [3.8, 4) is 0 Å². The molecular formula is C23H30N4O3. The zero-order valence-electron chi connectivity index (χ0n) is 17.5. The molecule has 1 N–H and O–H groups in total. The third kappa shape index (κ3) is 3.44. The van der Waals surface area contributed by atoms with E-state index in [1.807, 2.05) is 30.0 Å². The van der Waals surface area contributed by atoms with Crippen LogP contribution in [0.3, 0.4) is 0 Å². The average Bonchev–Trinajstić information content (AvgIpc) is 3.41. The highest BCUT2D eigenvalue weighted by atomic mass is 16.3. The number of aromatic nitrogens is 2. The molecule has 1 aliphatic carbocycles. The number of aryl methyl sites for hydroxylation is 1. The van der Waals surface area contributed by atoms with Crippen LogP contribution in [0.5, 0.6) is 0 Å². The van der Waals surface area contributed by atoms with E-state index >= 15 is 0 Å². The summed E-state index contributed by atoms with van der Waals surface area (Å²) in [7, 11) is 0. The van der Waals surface area contributed by atoms with Crippen LogP contribution in [0.25, 0.3) is 10.8 Å². The molecule has 1 saturated carbocycles. The van der Waals surface area contributed by atoms with Crippen molar-refractivity contribution in [1.82, 2.24) is 19.6 Å². The Labute approximate surface area is 176 Å². The maximum absolute atomic E-state index is 13.0. The Morgan fingerprint density at radius 1 is 1.10 bits per heavy atom. The van der Waals surface area contributed by atoms with Gasteiger partial charge >= 0.3 is 0 Å². The summed E-state index contributed by atoms with van der Waals surface area (Å²) in [5, 5.41) is 16.5. The van der Waals surface area contributed by atoms with Crippen molar-refractivity contribution < 1.29 is 9.90 Å². The first-order chi connectivity index (χ1) is 14.5. The molecule has 3 aliphatic rings. The van der Waals surface area contributed by atoms with Crippen LogP contribution in [-0.2, 0) is 11.3 Å². The van der Waals surface area contributed by atoms with Crippen LogP contribution in [0.2, 0.25) is 0 Å². The molecule has 1 amide bonds. The molecule has 3 heterocycles. The molecular weight excluding hydrogens is 380 g/mol. The van der Waals surface area contributed by atoms with E-state index in [-0.39, 0.29) is 30.2 Å². The Morgan fingerprint density at radius 2 is 1.77 bits per heavy atom. The Kier molecular flexibility index (Phi) is 5.11. The summed E-state index contributed by atoms with van der Waals surface area (Å²) >= 11 is 0. The van der Waals surface area contributed by atoms with Crippen molar-refractivity contribution >= 4 is 16.7 Å². The van der Waals surface area contributed by atoms with E-state index in [9.17, 15) is 14.7 Å². The van der Waals surface area contributed by atoms with Crippen LogP contribution >= 0.6 is 0 Å². The van der Waals surface area contributed by atoms with Gasteiger partial charge in [0.2, 0.25) is 5.91 Å². The predicted molar refractivity (Wildman–Crippen MR) is 114 cm³/mol. The molecule has 7 heteroatoms. The summed E-state index contributed by atoms with van der Waals surface area (Å²) in [5.74, 6) is 0.734. The molecule has 30 heavy (non-hydrogen) atoms. The van der Waals surface area contributed by atoms with E-state index in [0.717, 1.165) is 43.6 Å². The molecule has 5 rings (SSSR count). The quantitative estimate of drug-likeness (QED) is 0.828. The molecule has 2 aromatic rings. The lowest BCUT2D eigenvalue weighted by molar-refractivity contribution is -0.131. The molecule has 0 radical (unpaired) electrons. The van der Waals surface area contributed by atoms with Crippen LogP contribution in [0.4, 0.5) is 0 Å². The van der Waals surface area contributed by atoms with Gasteiger partial charge in [-0.25, -0.2) is 4.68 Å². The van der Waals surface area contributed by atoms with E-state index in [4.69, 9.17) is 0 Å². The van der Waals surface area contributed by atoms with Gasteiger partial charge in [-0.3, -0.25) is 14.5 Å². The van der Waals surface area contributed by atoms with Gasteiger partial charge in [0, 0.05) is 24.5 Å². The van der Waals surface area contributed by atoms with Gasteiger partial charge < -0.3 is 10.0 Å². The summed E-state index contributed by atoms with van der Waals surface area (Å²) < 4.78 is 1.31. The van der Waals surface area contributed by atoms with Crippen molar-refractivity contribution in [2.24, 2.45) is 11.8 Å². The largest absolute Gasteiger partial charge is 0.391 e. The Balaban J connectivity index is 1.30. The number of amides is 1. The van der Waals surface area contributed by atoms with E-state index in [0.29, 0.717) is 23.8 Å². The van der Waals surface area contributed by atoms with Crippen LogP contribution in [-0.4, -0.2) is 68.9 Å². The topological polar surface area (TPSA) is 78.7 Å². The lowest BCUT2D eigenvalue weighted by atomic mass is 9.77. The Hall–Kier alpha value is -2.25. The lowest BCUT2D eigenvalue weighted by Gasteiger charge is -2.40. The van der Waals surface area contributed by atoms with Gasteiger partial charge in [-0.1, -0.05) is 18.2 Å². The summed E-state index contributed by atoms with van der Waals surface area (Å²) in [4.78, 5) is 30.2. The van der Waals surface area contributed by atoms with E-state index in [1.165, 1.54) is 17.5 Å². The minimum absolute atomic E-state index is 0.0257. The smallest absolute Gasteiger partial charge is 0.275 e. The summed E-state index contributed by atoms with van der Waals surface area (Å²) in [6.45, 7) is 5.40. The number of benzene rings is 1. The SMILES string of the molecule is Cc1nn(CC(=O)N2C[C@H]3C[C@@H](N4CCCC4)[C@H](O)C[C@H]3C2)c(=O)c2ccccc12. The Morgan fingerprint density at radius 3 is 2.50 bits per heavy atom. The number of rotatable bonds is 3. The highest BCUT2D eigenvalue weighted by molar-refractivity contribution is 5.83. The molecule has 3 fully saturated rings. The highest BCUT2D eigenvalue weighted by Crippen LogP contribution is 2.39. The maximum Gasteiger partial charge on any atom is 0.275 e. The van der Waals surface area contributed by atoms with Crippen molar-refractivity contribution in [1.29, 1.82) is 0 Å². The van der Waals surface area contributed by atoms with E-state index in [2.05, 4.69) is 10.00 Å². The number of aliphatic hydroxyl groups is 1. The summed E-state index contributed by atoms with van der Waals surface area (Å²) in [6, 6.07) is 7.64. The van der Waals surface area contributed by atoms with Crippen molar-refractivity contribution in [3.05, 3.63) is 40.3 Å².